The topological polar surface area (TPSA) is 32.3 Å². The van der Waals surface area contributed by atoms with Crippen LogP contribution in [0.3, 0.4) is 0 Å². The maximum absolute atomic E-state index is 12.3. The van der Waals surface area contributed by atoms with Crippen LogP contribution < -0.4 is 5.32 Å². The summed E-state index contributed by atoms with van der Waals surface area (Å²) in [5.41, 5.74) is 1.87. The minimum absolute atomic E-state index is 0.128. The summed E-state index contributed by atoms with van der Waals surface area (Å²) in [6.45, 7) is 6.55. The molecule has 4 heteroatoms. The largest absolute Gasteiger partial charge is 0.336 e. The second-order valence-electron chi connectivity index (χ2n) is 4.62. The summed E-state index contributed by atoms with van der Waals surface area (Å²) in [5.74, 6) is 0.128. The third kappa shape index (κ3) is 3.07. The molecule has 17 heavy (non-hydrogen) atoms. The van der Waals surface area contributed by atoms with Gasteiger partial charge < -0.3 is 10.2 Å². The summed E-state index contributed by atoms with van der Waals surface area (Å²) >= 11 is 3.43. The highest BCUT2D eigenvalue weighted by atomic mass is 79.9. The lowest BCUT2D eigenvalue weighted by Gasteiger charge is -2.32. The molecule has 0 spiro atoms. The van der Waals surface area contributed by atoms with Gasteiger partial charge in [0, 0.05) is 35.7 Å². The Labute approximate surface area is 110 Å². The minimum Gasteiger partial charge on any atom is -0.336 e. The monoisotopic (exact) mass is 296 g/mol. The first kappa shape index (κ1) is 12.6. The summed E-state index contributed by atoms with van der Waals surface area (Å²) in [4.78, 5) is 14.2. The molecule has 1 amide bonds. The number of amides is 1. The van der Waals surface area contributed by atoms with E-state index < -0.39 is 0 Å². The maximum Gasteiger partial charge on any atom is 0.253 e. The zero-order valence-electron chi connectivity index (χ0n) is 10.2. The van der Waals surface area contributed by atoms with Crippen molar-refractivity contribution in [2.75, 3.05) is 19.6 Å². The van der Waals surface area contributed by atoms with E-state index in [9.17, 15) is 4.79 Å². The first-order valence-corrected chi connectivity index (χ1v) is 6.65. The average Bonchev–Trinajstić information content (AvgIpc) is 2.26. The number of rotatable bonds is 1. The number of carbonyl (C=O) groups is 1. The first-order valence-electron chi connectivity index (χ1n) is 5.86. The molecule has 0 bridgehead atoms. The SMILES string of the molecule is Cc1cc(Br)cc(C(=O)N2CCNC(C)C2)c1. The Morgan fingerprint density at radius 1 is 1.47 bits per heavy atom. The van der Waals surface area contributed by atoms with Gasteiger partial charge in [0.2, 0.25) is 0 Å². The number of carbonyl (C=O) groups excluding carboxylic acids is 1. The quantitative estimate of drug-likeness (QED) is 0.862. The van der Waals surface area contributed by atoms with Crippen molar-refractivity contribution in [1.29, 1.82) is 0 Å². The van der Waals surface area contributed by atoms with Crippen molar-refractivity contribution in [3.63, 3.8) is 0 Å². The van der Waals surface area contributed by atoms with E-state index in [1.54, 1.807) is 0 Å². The standard InChI is InChI=1S/C13H17BrN2O/c1-9-5-11(7-12(14)6-9)13(17)16-4-3-15-10(2)8-16/h5-7,10,15H,3-4,8H2,1-2H3. The van der Waals surface area contributed by atoms with E-state index in [1.807, 2.05) is 30.0 Å². The van der Waals surface area contributed by atoms with Gasteiger partial charge in [-0.25, -0.2) is 0 Å². The lowest BCUT2D eigenvalue weighted by Crippen LogP contribution is -2.51. The normalized spacial score (nSPS) is 20.4. The van der Waals surface area contributed by atoms with Gasteiger partial charge >= 0.3 is 0 Å². The smallest absolute Gasteiger partial charge is 0.253 e. The molecule has 1 aromatic rings. The Balaban J connectivity index is 2.18. The van der Waals surface area contributed by atoms with Crippen LogP contribution in [-0.2, 0) is 0 Å². The van der Waals surface area contributed by atoms with E-state index in [4.69, 9.17) is 0 Å². The summed E-state index contributed by atoms with van der Waals surface area (Å²) in [7, 11) is 0. The molecule has 1 aliphatic heterocycles. The van der Waals surface area contributed by atoms with Crippen LogP contribution in [0.1, 0.15) is 22.8 Å². The lowest BCUT2D eigenvalue weighted by atomic mass is 10.1. The van der Waals surface area contributed by atoms with Crippen LogP contribution >= 0.6 is 15.9 Å². The maximum atomic E-state index is 12.3. The van der Waals surface area contributed by atoms with Crippen molar-refractivity contribution in [3.8, 4) is 0 Å². The molecule has 92 valence electrons. The van der Waals surface area contributed by atoms with Crippen LogP contribution in [0.4, 0.5) is 0 Å². The van der Waals surface area contributed by atoms with Gasteiger partial charge in [0.15, 0.2) is 0 Å². The summed E-state index contributed by atoms with van der Waals surface area (Å²) in [6, 6.07) is 6.22. The molecule has 1 fully saturated rings. The first-order chi connectivity index (χ1) is 8.06. The van der Waals surface area contributed by atoms with Crippen molar-refractivity contribution in [3.05, 3.63) is 33.8 Å². The Bertz CT molecular complexity index is 413. The van der Waals surface area contributed by atoms with Crippen LogP contribution in [0.25, 0.3) is 0 Å². The van der Waals surface area contributed by atoms with E-state index in [1.165, 1.54) is 0 Å². The van der Waals surface area contributed by atoms with Gasteiger partial charge in [-0.15, -0.1) is 0 Å². The Kier molecular flexibility index (Phi) is 3.84. The van der Waals surface area contributed by atoms with E-state index in [-0.39, 0.29) is 5.91 Å². The number of hydrogen-bond acceptors (Lipinski definition) is 2. The highest BCUT2D eigenvalue weighted by Gasteiger charge is 2.21. The fourth-order valence-electron chi connectivity index (χ4n) is 2.16. The molecule has 3 nitrogen and oxygen atoms in total. The second-order valence-corrected chi connectivity index (χ2v) is 5.54. The number of benzene rings is 1. The third-order valence-electron chi connectivity index (χ3n) is 2.95. The molecule has 2 rings (SSSR count). The zero-order chi connectivity index (χ0) is 12.4. The van der Waals surface area contributed by atoms with Gasteiger partial charge in [0.1, 0.15) is 0 Å². The van der Waals surface area contributed by atoms with Gasteiger partial charge in [-0.2, -0.15) is 0 Å². The molecule has 0 aliphatic carbocycles. The molecule has 1 heterocycles. The van der Waals surface area contributed by atoms with Crippen molar-refractivity contribution < 1.29 is 4.79 Å². The molecule has 0 aromatic heterocycles. The molecule has 1 aromatic carbocycles. The van der Waals surface area contributed by atoms with Crippen molar-refractivity contribution in [1.82, 2.24) is 10.2 Å². The van der Waals surface area contributed by atoms with E-state index in [2.05, 4.69) is 28.2 Å². The average molecular weight is 297 g/mol. The summed E-state index contributed by atoms with van der Waals surface area (Å²) in [5, 5.41) is 3.34. The Hall–Kier alpha value is -0.870. The molecular formula is C13H17BrN2O. The van der Waals surface area contributed by atoms with E-state index in [0.717, 1.165) is 35.2 Å². The molecule has 1 unspecified atom stereocenters. The van der Waals surface area contributed by atoms with Crippen LogP contribution in [-0.4, -0.2) is 36.5 Å². The molecule has 1 aliphatic rings. The molecular weight excluding hydrogens is 280 g/mol. The molecule has 1 N–H and O–H groups in total. The fourth-order valence-corrected chi connectivity index (χ4v) is 2.77. The van der Waals surface area contributed by atoms with Crippen molar-refractivity contribution in [2.24, 2.45) is 0 Å². The van der Waals surface area contributed by atoms with Crippen molar-refractivity contribution in [2.45, 2.75) is 19.9 Å². The lowest BCUT2D eigenvalue weighted by molar-refractivity contribution is 0.0709. The van der Waals surface area contributed by atoms with Gasteiger partial charge in [0.05, 0.1) is 0 Å². The highest BCUT2D eigenvalue weighted by Crippen LogP contribution is 2.17. The number of aryl methyl sites for hydroxylation is 1. The van der Waals surface area contributed by atoms with E-state index >= 15 is 0 Å². The van der Waals surface area contributed by atoms with Crippen LogP contribution in [0.15, 0.2) is 22.7 Å². The highest BCUT2D eigenvalue weighted by molar-refractivity contribution is 9.10. The number of halogens is 1. The van der Waals surface area contributed by atoms with Gasteiger partial charge in [0.25, 0.3) is 5.91 Å². The number of hydrogen-bond donors (Lipinski definition) is 1. The van der Waals surface area contributed by atoms with Crippen LogP contribution in [0, 0.1) is 6.92 Å². The van der Waals surface area contributed by atoms with Crippen LogP contribution in [0.5, 0.6) is 0 Å². The number of nitrogens with one attached hydrogen (secondary N) is 1. The minimum atomic E-state index is 0.128. The van der Waals surface area contributed by atoms with Crippen molar-refractivity contribution >= 4 is 21.8 Å². The zero-order valence-corrected chi connectivity index (χ0v) is 11.8. The summed E-state index contributed by atoms with van der Waals surface area (Å²) in [6.07, 6.45) is 0. The molecule has 0 radical (unpaired) electrons. The fraction of sp³-hybridized carbons (Fsp3) is 0.462. The predicted octanol–water partition coefficient (Wildman–Crippen LogP) is 2.19. The Morgan fingerprint density at radius 2 is 2.24 bits per heavy atom. The van der Waals surface area contributed by atoms with Gasteiger partial charge in [-0.1, -0.05) is 15.9 Å². The third-order valence-corrected chi connectivity index (χ3v) is 3.40. The van der Waals surface area contributed by atoms with Gasteiger partial charge in [-0.05, 0) is 37.6 Å². The molecule has 0 saturated carbocycles. The van der Waals surface area contributed by atoms with E-state index in [0.29, 0.717) is 6.04 Å². The number of piperazine rings is 1. The Morgan fingerprint density at radius 3 is 2.88 bits per heavy atom. The van der Waals surface area contributed by atoms with Crippen LogP contribution in [0.2, 0.25) is 0 Å². The molecule has 1 atom stereocenters. The number of nitrogens with zero attached hydrogens (tertiary/aromatic N) is 1. The molecule has 1 saturated heterocycles. The van der Waals surface area contributed by atoms with Gasteiger partial charge in [-0.3, -0.25) is 4.79 Å². The summed E-state index contributed by atoms with van der Waals surface area (Å²) < 4.78 is 0.962. The second kappa shape index (κ2) is 5.19. The predicted molar refractivity (Wildman–Crippen MR) is 72.2 cm³/mol.